The van der Waals surface area contributed by atoms with Crippen LogP contribution in [-0.4, -0.2) is 24.3 Å². The molecule has 1 saturated carbocycles. The van der Waals surface area contributed by atoms with Crippen LogP contribution >= 0.6 is 0 Å². The first-order valence-electron chi connectivity index (χ1n) is 5.72. The van der Waals surface area contributed by atoms with Gasteiger partial charge in [0, 0.05) is 12.6 Å². The summed E-state index contributed by atoms with van der Waals surface area (Å²) < 4.78 is 0. The quantitative estimate of drug-likeness (QED) is 0.620. The van der Waals surface area contributed by atoms with E-state index < -0.39 is 0 Å². The molecule has 78 valence electrons. The predicted octanol–water partition coefficient (Wildman–Crippen LogP) is 1.93. The van der Waals surface area contributed by atoms with Crippen LogP contribution in [0.5, 0.6) is 0 Å². The van der Waals surface area contributed by atoms with Gasteiger partial charge in [-0.3, -0.25) is 0 Å². The molecule has 0 amide bonds. The molecule has 2 N–H and O–H groups in total. The van der Waals surface area contributed by atoms with Gasteiger partial charge in [0.15, 0.2) is 0 Å². The third-order valence-corrected chi connectivity index (χ3v) is 3.17. The van der Waals surface area contributed by atoms with E-state index in [0.29, 0.717) is 6.61 Å². The van der Waals surface area contributed by atoms with Gasteiger partial charge in [0.1, 0.15) is 0 Å². The number of nitrogens with one attached hydrogen (secondary N) is 1. The highest BCUT2D eigenvalue weighted by atomic mass is 16.2. The molecule has 2 nitrogen and oxygen atoms in total. The maximum Gasteiger partial charge on any atom is 0.0431 e. The van der Waals surface area contributed by atoms with E-state index in [1.807, 2.05) is 0 Å². The minimum atomic E-state index is 0.337. The standard InChI is InChI=1S/C11H23NO/c1-2-10-6-5-7-11(10)12-8-3-4-9-13/h10-13H,2-9H2,1H3. The number of aliphatic hydroxyl groups excluding tert-OH is 1. The first kappa shape index (κ1) is 11.0. The Morgan fingerprint density at radius 1 is 1.31 bits per heavy atom. The van der Waals surface area contributed by atoms with Crippen LogP contribution in [0, 0.1) is 5.92 Å². The van der Waals surface area contributed by atoms with Crippen molar-refractivity contribution in [3.8, 4) is 0 Å². The van der Waals surface area contributed by atoms with Crippen molar-refractivity contribution in [2.75, 3.05) is 13.2 Å². The third-order valence-electron chi connectivity index (χ3n) is 3.17. The van der Waals surface area contributed by atoms with E-state index in [2.05, 4.69) is 12.2 Å². The lowest BCUT2D eigenvalue weighted by atomic mass is 10.0. The molecule has 1 aliphatic carbocycles. The molecular weight excluding hydrogens is 162 g/mol. The van der Waals surface area contributed by atoms with E-state index in [-0.39, 0.29) is 0 Å². The molecule has 2 unspecified atom stereocenters. The Kier molecular flexibility index (Phi) is 5.40. The fourth-order valence-corrected chi connectivity index (χ4v) is 2.32. The summed E-state index contributed by atoms with van der Waals surface area (Å²) in [5, 5.41) is 12.2. The summed E-state index contributed by atoms with van der Waals surface area (Å²) in [5.41, 5.74) is 0. The monoisotopic (exact) mass is 185 g/mol. The number of rotatable bonds is 6. The van der Waals surface area contributed by atoms with Crippen LogP contribution in [0.15, 0.2) is 0 Å². The average molecular weight is 185 g/mol. The summed E-state index contributed by atoms with van der Waals surface area (Å²) in [4.78, 5) is 0. The zero-order chi connectivity index (χ0) is 9.52. The third kappa shape index (κ3) is 3.65. The highest BCUT2D eigenvalue weighted by Crippen LogP contribution is 2.27. The molecular formula is C11H23NO. The normalized spacial score (nSPS) is 28.2. The molecule has 0 spiro atoms. The molecule has 13 heavy (non-hydrogen) atoms. The van der Waals surface area contributed by atoms with Crippen LogP contribution in [0.25, 0.3) is 0 Å². The molecule has 0 saturated heterocycles. The van der Waals surface area contributed by atoms with Gasteiger partial charge < -0.3 is 10.4 Å². The van der Waals surface area contributed by atoms with Gasteiger partial charge in [0.05, 0.1) is 0 Å². The summed E-state index contributed by atoms with van der Waals surface area (Å²) >= 11 is 0. The van der Waals surface area contributed by atoms with Crippen LogP contribution < -0.4 is 5.32 Å². The number of hydrogen-bond acceptors (Lipinski definition) is 2. The van der Waals surface area contributed by atoms with Gasteiger partial charge >= 0.3 is 0 Å². The summed E-state index contributed by atoms with van der Waals surface area (Å²) in [6.45, 7) is 3.71. The Morgan fingerprint density at radius 3 is 2.85 bits per heavy atom. The van der Waals surface area contributed by atoms with E-state index in [1.165, 1.54) is 25.7 Å². The molecule has 0 aliphatic heterocycles. The smallest absolute Gasteiger partial charge is 0.0431 e. The molecule has 2 heteroatoms. The minimum absolute atomic E-state index is 0.337. The van der Waals surface area contributed by atoms with Crippen LogP contribution in [0.2, 0.25) is 0 Å². The van der Waals surface area contributed by atoms with Crippen LogP contribution in [-0.2, 0) is 0 Å². The first-order chi connectivity index (χ1) is 6.38. The van der Waals surface area contributed by atoms with Crippen molar-refractivity contribution in [2.45, 2.75) is 51.5 Å². The topological polar surface area (TPSA) is 32.3 Å². The fourth-order valence-electron chi connectivity index (χ4n) is 2.32. The highest BCUT2D eigenvalue weighted by Gasteiger charge is 2.24. The molecule has 2 atom stereocenters. The van der Waals surface area contributed by atoms with E-state index >= 15 is 0 Å². The Bertz CT molecular complexity index is 127. The van der Waals surface area contributed by atoms with Gasteiger partial charge in [-0.2, -0.15) is 0 Å². The van der Waals surface area contributed by atoms with Gasteiger partial charge in [-0.05, 0) is 38.1 Å². The van der Waals surface area contributed by atoms with Crippen molar-refractivity contribution >= 4 is 0 Å². The van der Waals surface area contributed by atoms with Crippen LogP contribution in [0.3, 0.4) is 0 Å². The summed E-state index contributed by atoms with van der Waals surface area (Å²) in [6, 6.07) is 0.767. The average Bonchev–Trinajstić information content (AvgIpc) is 2.60. The summed E-state index contributed by atoms with van der Waals surface area (Å²) in [7, 11) is 0. The van der Waals surface area contributed by atoms with Crippen molar-refractivity contribution in [3.63, 3.8) is 0 Å². The Morgan fingerprint density at radius 2 is 2.15 bits per heavy atom. The number of aliphatic hydroxyl groups is 1. The van der Waals surface area contributed by atoms with E-state index in [4.69, 9.17) is 5.11 Å². The predicted molar refractivity (Wildman–Crippen MR) is 55.7 cm³/mol. The maximum absolute atomic E-state index is 8.63. The minimum Gasteiger partial charge on any atom is -0.396 e. The molecule has 0 heterocycles. The SMILES string of the molecule is CCC1CCCC1NCCCCO. The number of hydrogen-bond donors (Lipinski definition) is 2. The molecule has 1 aliphatic rings. The number of unbranched alkanes of at least 4 members (excludes halogenated alkanes) is 1. The lowest BCUT2D eigenvalue weighted by molar-refractivity contribution is 0.280. The van der Waals surface area contributed by atoms with Crippen molar-refractivity contribution < 1.29 is 5.11 Å². The second-order valence-electron chi connectivity index (χ2n) is 4.09. The lowest BCUT2D eigenvalue weighted by Gasteiger charge is -2.19. The summed E-state index contributed by atoms with van der Waals surface area (Å²) in [5.74, 6) is 0.911. The van der Waals surface area contributed by atoms with Gasteiger partial charge in [-0.15, -0.1) is 0 Å². The first-order valence-corrected chi connectivity index (χ1v) is 5.72. The lowest BCUT2D eigenvalue weighted by Crippen LogP contribution is -2.32. The van der Waals surface area contributed by atoms with Crippen molar-refractivity contribution in [2.24, 2.45) is 5.92 Å². The van der Waals surface area contributed by atoms with Gasteiger partial charge in [-0.1, -0.05) is 19.8 Å². The second-order valence-corrected chi connectivity index (χ2v) is 4.09. The maximum atomic E-state index is 8.63. The van der Waals surface area contributed by atoms with E-state index in [1.54, 1.807) is 0 Å². The zero-order valence-electron chi connectivity index (χ0n) is 8.76. The van der Waals surface area contributed by atoms with Crippen molar-refractivity contribution in [3.05, 3.63) is 0 Å². The highest BCUT2D eigenvalue weighted by molar-refractivity contribution is 4.81. The van der Waals surface area contributed by atoms with Crippen molar-refractivity contribution in [1.29, 1.82) is 0 Å². The molecule has 1 rings (SSSR count). The van der Waals surface area contributed by atoms with Crippen LogP contribution in [0.4, 0.5) is 0 Å². The molecule has 0 aromatic heterocycles. The molecule has 1 fully saturated rings. The van der Waals surface area contributed by atoms with E-state index in [9.17, 15) is 0 Å². The van der Waals surface area contributed by atoms with Crippen molar-refractivity contribution in [1.82, 2.24) is 5.32 Å². The second kappa shape index (κ2) is 6.39. The molecule has 0 aromatic carbocycles. The van der Waals surface area contributed by atoms with Gasteiger partial charge in [0.25, 0.3) is 0 Å². The van der Waals surface area contributed by atoms with E-state index in [0.717, 1.165) is 31.3 Å². The van der Waals surface area contributed by atoms with Crippen LogP contribution in [0.1, 0.15) is 45.4 Å². The zero-order valence-corrected chi connectivity index (χ0v) is 8.76. The van der Waals surface area contributed by atoms with Gasteiger partial charge in [0.2, 0.25) is 0 Å². The Labute approximate surface area is 81.7 Å². The molecule has 0 radical (unpaired) electrons. The van der Waals surface area contributed by atoms with Gasteiger partial charge in [-0.25, -0.2) is 0 Å². The Balaban J connectivity index is 2.06. The molecule has 0 aromatic rings. The Hall–Kier alpha value is -0.0800. The largest absolute Gasteiger partial charge is 0.396 e. The fraction of sp³-hybridized carbons (Fsp3) is 1.00. The summed E-state index contributed by atoms with van der Waals surface area (Å²) in [6.07, 6.45) is 7.54. The molecule has 0 bridgehead atoms.